The van der Waals surface area contributed by atoms with E-state index in [0.29, 0.717) is 0 Å². The number of aliphatic carboxylic acids is 1. The monoisotopic (exact) mass is 252 g/mol. The molecule has 0 aliphatic rings. The number of esters is 1. The van der Waals surface area contributed by atoms with Gasteiger partial charge in [-0.2, -0.15) is 0 Å². The molecular weight excluding hydrogens is 240 g/mol. The molecule has 0 heterocycles. The molecule has 5 N–H and O–H groups in total. The second kappa shape index (κ2) is 6.91. The number of hydrogen-bond acceptors (Lipinski definition) is 8. The predicted molar refractivity (Wildman–Crippen MR) is 48.7 cm³/mol. The highest BCUT2D eigenvalue weighted by Gasteiger charge is 2.34. The number of rotatable bonds is 6. The number of carbonyl (C=O) groups excluding carboxylic acids is 2. The predicted octanol–water partition coefficient (Wildman–Crippen LogP) is -3.74. The fourth-order valence-corrected chi connectivity index (χ4v) is 0.882. The van der Waals surface area contributed by atoms with Crippen molar-refractivity contribution in [3.8, 4) is 0 Å². The number of ether oxygens (including phenoxy) is 1. The summed E-state index contributed by atoms with van der Waals surface area (Å²) in [7, 11) is 0. The maximum absolute atomic E-state index is 10.6. The van der Waals surface area contributed by atoms with E-state index in [9.17, 15) is 24.6 Å². The number of aldehydes is 1. The van der Waals surface area contributed by atoms with Gasteiger partial charge in [0.2, 0.25) is 0 Å². The lowest BCUT2D eigenvalue weighted by Crippen LogP contribution is -2.48. The maximum Gasteiger partial charge on any atom is 0.418 e. The second-order valence-corrected chi connectivity index (χ2v) is 3.04. The van der Waals surface area contributed by atoms with Gasteiger partial charge in [0, 0.05) is 0 Å². The molecule has 0 bridgehead atoms. The van der Waals surface area contributed by atoms with Gasteiger partial charge in [-0.05, 0) is 0 Å². The van der Waals surface area contributed by atoms with E-state index in [2.05, 4.69) is 4.74 Å². The number of hydrogen-bond donors (Lipinski definition) is 5. The Morgan fingerprint density at radius 2 is 1.71 bits per heavy atom. The Bertz CT molecular complexity index is 289. The zero-order valence-corrected chi connectivity index (χ0v) is 8.46. The molecule has 4 atom stereocenters. The van der Waals surface area contributed by atoms with E-state index < -0.39 is 43.0 Å². The van der Waals surface area contributed by atoms with E-state index in [1.54, 1.807) is 0 Å². The summed E-state index contributed by atoms with van der Waals surface area (Å²) in [6, 6.07) is 0. The van der Waals surface area contributed by atoms with Crippen LogP contribution in [0.25, 0.3) is 0 Å². The molecule has 0 aromatic heterocycles. The molecule has 0 aromatic carbocycles. The lowest BCUT2D eigenvalue weighted by Gasteiger charge is -2.24. The first-order valence-corrected chi connectivity index (χ1v) is 4.39. The molecule has 0 spiro atoms. The first-order chi connectivity index (χ1) is 7.84. The Morgan fingerprint density at radius 1 is 1.18 bits per heavy atom. The van der Waals surface area contributed by atoms with Gasteiger partial charge in [0.15, 0.2) is 12.4 Å². The van der Waals surface area contributed by atoms with Gasteiger partial charge < -0.3 is 30.3 Å². The summed E-state index contributed by atoms with van der Waals surface area (Å²) in [5, 5.41) is 44.1. The van der Waals surface area contributed by atoms with Crippen LogP contribution in [-0.2, 0) is 19.1 Å². The summed E-state index contributed by atoms with van der Waals surface area (Å²) in [6.07, 6.45) is -7.88. The molecule has 0 aliphatic carbocycles. The number of carbonyl (C=O) groups is 3. The zero-order chi connectivity index (χ0) is 13.6. The third kappa shape index (κ3) is 4.44. The van der Waals surface area contributed by atoms with Gasteiger partial charge in [-0.15, -0.1) is 0 Å². The Labute approximate surface area is 94.9 Å². The molecule has 0 saturated carbocycles. The van der Waals surface area contributed by atoms with E-state index in [0.717, 1.165) is 0 Å². The largest absolute Gasteiger partial charge is 0.473 e. The van der Waals surface area contributed by atoms with Gasteiger partial charge in [-0.25, -0.2) is 9.59 Å². The van der Waals surface area contributed by atoms with Crippen molar-refractivity contribution in [1.82, 2.24) is 0 Å². The second-order valence-electron chi connectivity index (χ2n) is 3.04. The van der Waals surface area contributed by atoms with Crippen molar-refractivity contribution in [3.05, 3.63) is 0 Å². The van der Waals surface area contributed by atoms with Gasteiger partial charge in [-0.1, -0.05) is 0 Å². The average Bonchev–Trinajstić information content (AvgIpc) is 2.32. The van der Waals surface area contributed by atoms with Crippen molar-refractivity contribution < 1.29 is 44.7 Å². The Balaban J connectivity index is 4.60. The number of carboxylic acids is 1. The summed E-state index contributed by atoms with van der Waals surface area (Å²) < 4.78 is 4.03. The zero-order valence-electron chi connectivity index (χ0n) is 8.46. The van der Waals surface area contributed by atoms with Crippen LogP contribution in [0.1, 0.15) is 0 Å². The molecule has 0 saturated heterocycles. The molecule has 9 heteroatoms. The Morgan fingerprint density at radius 3 is 2.06 bits per heavy atom. The summed E-state index contributed by atoms with van der Waals surface area (Å²) >= 11 is 0. The summed E-state index contributed by atoms with van der Waals surface area (Å²) in [5.41, 5.74) is 0. The van der Waals surface area contributed by atoms with Crippen LogP contribution in [0, 0.1) is 0 Å². The third-order valence-corrected chi connectivity index (χ3v) is 1.82. The van der Waals surface area contributed by atoms with E-state index in [1.807, 2.05) is 0 Å². The Kier molecular flexibility index (Phi) is 6.28. The first-order valence-electron chi connectivity index (χ1n) is 4.39. The summed E-state index contributed by atoms with van der Waals surface area (Å²) in [6.45, 7) is -0.906. The van der Waals surface area contributed by atoms with Crippen LogP contribution in [0.5, 0.6) is 0 Å². The lowest BCUT2D eigenvalue weighted by molar-refractivity contribution is -0.177. The minimum Gasteiger partial charge on any atom is -0.473 e. The number of aliphatic hydroxyl groups excluding tert-OH is 4. The summed E-state index contributed by atoms with van der Waals surface area (Å²) in [5.74, 6) is -3.78. The molecule has 0 aliphatic heterocycles. The first kappa shape index (κ1) is 15.4. The highest BCUT2D eigenvalue weighted by Crippen LogP contribution is 2.07. The standard InChI is InChI=1S/C8H12O9/c9-1-3(11)5(12)6(13)4(2-10)17-8(16)7(14)15/h2-6,9,11-13H,1H2,(H,14,15)/t3-,4+,5-,6-/m1/s1. The topological polar surface area (TPSA) is 162 Å². The highest BCUT2D eigenvalue weighted by atomic mass is 16.6. The number of aliphatic hydroxyl groups is 4. The molecule has 0 unspecified atom stereocenters. The maximum atomic E-state index is 10.6. The van der Waals surface area contributed by atoms with Gasteiger partial charge in [-0.3, -0.25) is 4.79 Å². The molecule has 9 nitrogen and oxygen atoms in total. The van der Waals surface area contributed by atoms with Crippen LogP contribution < -0.4 is 0 Å². The normalized spacial score (nSPS) is 17.6. The van der Waals surface area contributed by atoms with E-state index >= 15 is 0 Å². The van der Waals surface area contributed by atoms with Crippen LogP contribution in [0.2, 0.25) is 0 Å². The van der Waals surface area contributed by atoms with Crippen LogP contribution in [0.3, 0.4) is 0 Å². The molecule has 98 valence electrons. The quantitative estimate of drug-likeness (QED) is 0.181. The molecular formula is C8H12O9. The van der Waals surface area contributed by atoms with Crippen LogP contribution in [0.4, 0.5) is 0 Å². The van der Waals surface area contributed by atoms with Crippen molar-refractivity contribution in [1.29, 1.82) is 0 Å². The van der Waals surface area contributed by atoms with Crippen LogP contribution in [0.15, 0.2) is 0 Å². The molecule has 0 radical (unpaired) electrons. The lowest BCUT2D eigenvalue weighted by atomic mass is 10.0. The minimum absolute atomic E-state index is 0.112. The molecule has 0 amide bonds. The van der Waals surface area contributed by atoms with E-state index in [1.165, 1.54) is 0 Å². The van der Waals surface area contributed by atoms with E-state index in [-0.39, 0.29) is 6.29 Å². The van der Waals surface area contributed by atoms with Crippen LogP contribution in [-0.4, -0.2) is 74.8 Å². The summed E-state index contributed by atoms with van der Waals surface area (Å²) in [4.78, 5) is 31.1. The Hall–Kier alpha value is -1.55. The van der Waals surface area contributed by atoms with Gasteiger partial charge in [0.05, 0.1) is 6.61 Å². The van der Waals surface area contributed by atoms with Crippen LogP contribution >= 0.6 is 0 Å². The van der Waals surface area contributed by atoms with E-state index in [4.69, 9.17) is 15.3 Å². The third-order valence-electron chi connectivity index (χ3n) is 1.82. The van der Waals surface area contributed by atoms with Crippen molar-refractivity contribution in [2.24, 2.45) is 0 Å². The molecule has 0 rings (SSSR count). The fraction of sp³-hybridized carbons (Fsp3) is 0.625. The van der Waals surface area contributed by atoms with Gasteiger partial charge in [0.25, 0.3) is 0 Å². The molecule has 17 heavy (non-hydrogen) atoms. The highest BCUT2D eigenvalue weighted by molar-refractivity contribution is 6.28. The molecule has 0 fully saturated rings. The van der Waals surface area contributed by atoms with Gasteiger partial charge >= 0.3 is 11.9 Å². The smallest absolute Gasteiger partial charge is 0.418 e. The van der Waals surface area contributed by atoms with Crippen molar-refractivity contribution >= 4 is 18.2 Å². The van der Waals surface area contributed by atoms with Crippen molar-refractivity contribution in [2.45, 2.75) is 24.4 Å². The fourth-order valence-electron chi connectivity index (χ4n) is 0.882. The van der Waals surface area contributed by atoms with Crippen molar-refractivity contribution in [2.75, 3.05) is 6.61 Å². The van der Waals surface area contributed by atoms with Crippen molar-refractivity contribution in [3.63, 3.8) is 0 Å². The minimum atomic E-state index is -2.06. The molecule has 0 aromatic rings. The SMILES string of the molecule is O=C[C@H](OC(=O)C(=O)O)[C@@H](O)[C@H](O)[C@H](O)CO. The average molecular weight is 252 g/mol. The number of carboxylic acid groups (broad SMARTS) is 1. The van der Waals surface area contributed by atoms with Gasteiger partial charge in [0.1, 0.15) is 18.3 Å².